The molecule has 0 atom stereocenters. The first-order valence-corrected chi connectivity index (χ1v) is 7.75. The monoisotopic (exact) mass is 345 g/mol. The van der Waals surface area contributed by atoms with Gasteiger partial charge in [-0.15, -0.1) is 0 Å². The van der Waals surface area contributed by atoms with E-state index < -0.39 is 0 Å². The lowest BCUT2D eigenvalue weighted by Crippen LogP contribution is -2.14. The van der Waals surface area contributed by atoms with Gasteiger partial charge in [-0.05, 0) is 24.1 Å². The molecule has 0 bridgehead atoms. The lowest BCUT2D eigenvalue weighted by atomic mass is 10.1. The smallest absolute Gasteiger partial charge is 0.228 e. The van der Waals surface area contributed by atoms with Gasteiger partial charge >= 0.3 is 0 Å². The zero-order chi connectivity index (χ0) is 18.4. The number of rotatable bonds is 7. The zero-order valence-electron chi connectivity index (χ0n) is 15.1. The number of amides is 1. The van der Waals surface area contributed by atoms with Crippen LogP contribution in [0.1, 0.15) is 11.1 Å². The van der Waals surface area contributed by atoms with Crippen molar-refractivity contribution in [1.82, 2.24) is 0 Å². The Hall–Kier alpha value is -2.89. The Labute approximate surface area is 147 Å². The highest BCUT2D eigenvalue weighted by molar-refractivity contribution is 5.93. The van der Waals surface area contributed by atoms with Crippen molar-refractivity contribution < 1.29 is 23.7 Å². The standard InChI is InChI=1S/C19H23NO5/c1-12-8-13(6-7-15(12)22-2)9-18(21)20-14-10-16(23-3)19(25-5)17(11-14)24-4/h6-8,10-11H,9H2,1-5H3,(H,20,21). The van der Waals surface area contributed by atoms with E-state index in [0.717, 1.165) is 16.9 Å². The van der Waals surface area contributed by atoms with E-state index in [0.29, 0.717) is 22.9 Å². The summed E-state index contributed by atoms with van der Waals surface area (Å²) in [5.41, 5.74) is 2.47. The molecule has 0 aliphatic carbocycles. The maximum atomic E-state index is 12.3. The van der Waals surface area contributed by atoms with Gasteiger partial charge in [-0.25, -0.2) is 0 Å². The molecule has 0 fully saturated rings. The van der Waals surface area contributed by atoms with Gasteiger partial charge in [-0.2, -0.15) is 0 Å². The summed E-state index contributed by atoms with van der Waals surface area (Å²) in [6.07, 6.45) is 0.251. The fourth-order valence-electron chi connectivity index (χ4n) is 2.59. The molecule has 0 unspecified atom stereocenters. The van der Waals surface area contributed by atoms with Crippen LogP contribution in [-0.4, -0.2) is 34.3 Å². The second-order valence-electron chi connectivity index (χ2n) is 5.44. The molecular formula is C19H23NO5. The van der Waals surface area contributed by atoms with Crippen LogP contribution in [0.3, 0.4) is 0 Å². The second kappa shape index (κ2) is 8.28. The van der Waals surface area contributed by atoms with Gasteiger partial charge < -0.3 is 24.3 Å². The Morgan fingerprint density at radius 3 is 1.96 bits per heavy atom. The number of nitrogens with one attached hydrogen (secondary N) is 1. The van der Waals surface area contributed by atoms with Crippen LogP contribution < -0.4 is 24.3 Å². The average Bonchev–Trinajstić information content (AvgIpc) is 2.60. The number of hydrogen-bond donors (Lipinski definition) is 1. The van der Waals surface area contributed by atoms with Crippen LogP contribution in [0.4, 0.5) is 5.69 Å². The fraction of sp³-hybridized carbons (Fsp3) is 0.316. The van der Waals surface area contributed by atoms with E-state index in [1.807, 2.05) is 25.1 Å². The number of aryl methyl sites for hydroxylation is 1. The third-order valence-corrected chi connectivity index (χ3v) is 3.77. The number of anilines is 1. The van der Waals surface area contributed by atoms with Crippen molar-refractivity contribution in [1.29, 1.82) is 0 Å². The summed E-state index contributed by atoms with van der Waals surface area (Å²) < 4.78 is 21.1. The minimum Gasteiger partial charge on any atom is -0.496 e. The normalized spacial score (nSPS) is 10.1. The van der Waals surface area contributed by atoms with Crippen LogP contribution in [0.2, 0.25) is 0 Å². The van der Waals surface area contributed by atoms with Crippen LogP contribution in [0.5, 0.6) is 23.0 Å². The van der Waals surface area contributed by atoms with Crippen molar-refractivity contribution in [3.63, 3.8) is 0 Å². The number of benzene rings is 2. The SMILES string of the molecule is COc1ccc(CC(=O)Nc2cc(OC)c(OC)c(OC)c2)cc1C. The van der Waals surface area contributed by atoms with Gasteiger partial charge in [0, 0.05) is 17.8 Å². The topological polar surface area (TPSA) is 66.0 Å². The Morgan fingerprint density at radius 2 is 1.48 bits per heavy atom. The molecule has 6 heteroatoms. The molecule has 1 amide bonds. The van der Waals surface area contributed by atoms with E-state index in [-0.39, 0.29) is 12.3 Å². The molecule has 0 radical (unpaired) electrons. The summed E-state index contributed by atoms with van der Waals surface area (Å²) in [7, 11) is 6.22. The maximum Gasteiger partial charge on any atom is 0.228 e. The lowest BCUT2D eigenvalue weighted by molar-refractivity contribution is -0.115. The molecular weight excluding hydrogens is 322 g/mol. The Balaban J connectivity index is 2.16. The van der Waals surface area contributed by atoms with Gasteiger partial charge in [0.2, 0.25) is 11.7 Å². The first-order chi connectivity index (χ1) is 12.0. The fourth-order valence-corrected chi connectivity index (χ4v) is 2.59. The number of hydrogen-bond acceptors (Lipinski definition) is 5. The third-order valence-electron chi connectivity index (χ3n) is 3.77. The highest BCUT2D eigenvalue weighted by Crippen LogP contribution is 2.39. The van der Waals surface area contributed by atoms with E-state index in [1.165, 1.54) is 21.3 Å². The largest absolute Gasteiger partial charge is 0.496 e. The molecule has 2 aromatic carbocycles. The van der Waals surface area contributed by atoms with Crippen LogP contribution >= 0.6 is 0 Å². The molecule has 0 aliphatic rings. The van der Waals surface area contributed by atoms with E-state index in [9.17, 15) is 4.79 Å². The Morgan fingerprint density at radius 1 is 0.880 bits per heavy atom. The van der Waals surface area contributed by atoms with Crippen molar-refractivity contribution in [2.45, 2.75) is 13.3 Å². The highest BCUT2D eigenvalue weighted by Gasteiger charge is 2.15. The van der Waals surface area contributed by atoms with E-state index >= 15 is 0 Å². The predicted molar refractivity (Wildman–Crippen MR) is 96.2 cm³/mol. The van der Waals surface area contributed by atoms with Crippen molar-refractivity contribution in [2.75, 3.05) is 33.8 Å². The second-order valence-corrected chi connectivity index (χ2v) is 5.44. The zero-order valence-corrected chi connectivity index (χ0v) is 15.1. The molecule has 0 aliphatic heterocycles. The molecule has 0 saturated heterocycles. The summed E-state index contributed by atoms with van der Waals surface area (Å²) in [5.74, 6) is 2.11. The van der Waals surface area contributed by atoms with Gasteiger partial charge in [0.1, 0.15) is 5.75 Å². The molecule has 0 aromatic heterocycles. The van der Waals surface area contributed by atoms with Crippen LogP contribution in [0.15, 0.2) is 30.3 Å². The number of ether oxygens (including phenoxy) is 4. The number of carbonyl (C=O) groups is 1. The van der Waals surface area contributed by atoms with Gasteiger partial charge in [-0.3, -0.25) is 4.79 Å². The Kier molecular flexibility index (Phi) is 6.11. The molecule has 2 aromatic rings. The molecule has 6 nitrogen and oxygen atoms in total. The quantitative estimate of drug-likeness (QED) is 0.835. The molecule has 1 N–H and O–H groups in total. The third kappa shape index (κ3) is 4.35. The first-order valence-electron chi connectivity index (χ1n) is 7.75. The lowest BCUT2D eigenvalue weighted by Gasteiger charge is -2.14. The van der Waals surface area contributed by atoms with Crippen LogP contribution in [0, 0.1) is 6.92 Å². The van der Waals surface area contributed by atoms with Crippen LogP contribution in [-0.2, 0) is 11.2 Å². The summed E-state index contributed by atoms with van der Waals surface area (Å²) in [5, 5.41) is 2.85. The van der Waals surface area contributed by atoms with E-state index in [2.05, 4.69) is 5.32 Å². The number of methoxy groups -OCH3 is 4. The molecule has 134 valence electrons. The van der Waals surface area contributed by atoms with Gasteiger partial charge in [0.25, 0.3) is 0 Å². The molecule has 0 heterocycles. The van der Waals surface area contributed by atoms with Crippen molar-refractivity contribution in [2.24, 2.45) is 0 Å². The molecule has 0 spiro atoms. The molecule has 0 saturated carbocycles. The number of carbonyl (C=O) groups excluding carboxylic acids is 1. The maximum absolute atomic E-state index is 12.3. The molecule has 25 heavy (non-hydrogen) atoms. The van der Waals surface area contributed by atoms with Gasteiger partial charge in [0.05, 0.1) is 34.9 Å². The summed E-state index contributed by atoms with van der Waals surface area (Å²) >= 11 is 0. The summed E-state index contributed by atoms with van der Waals surface area (Å²) in [6.45, 7) is 1.94. The minimum atomic E-state index is -0.140. The van der Waals surface area contributed by atoms with Crippen molar-refractivity contribution in [3.05, 3.63) is 41.5 Å². The van der Waals surface area contributed by atoms with Crippen LogP contribution in [0.25, 0.3) is 0 Å². The predicted octanol–water partition coefficient (Wildman–Crippen LogP) is 3.21. The summed E-state index contributed by atoms with van der Waals surface area (Å²) in [6, 6.07) is 9.06. The van der Waals surface area contributed by atoms with Gasteiger partial charge in [0.15, 0.2) is 11.5 Å². The van der Waals surface area contributed by atoms with E-state index in [4.69, 9.17) is 18.9 Å². The Bertz CT molecular complexity index is 732. The first kappa shape index (κ1) is 18.4. The van der Waals surface area contributed by atoms with Crippen molar-refractivity contribution in [3.8, 4) is 23.0 Å². The average molecular weight is 345 g/mol. The van der Waals surface area contributed by atoms with Gasteiger partial charge in [-0.1, -0.05) is 12.1 Å². The van der Waals surface area contributed by atoms with Crippen molar-refractivity contribution >= 4 is 11.6 Å². The molecule has 2 rings (SSSR count). The highest BCUT2D eigenvalue weighted by atomic mass is 16.5. The summed E-state index contributed by atoms with van der Waals surface area (Å²) in [4.78, 5) is 12.3. The minimum absolute atomic E-state index is 0.140. The van der Waals surface area contributed by atoms with E-state index in [1.54, 1.807) is 19.2 Å².